The lowest BCUT2D eigenvalue weighted by Gasteiger charge is -2.18. The molecule has 1 unspecified atom stereocenters. The molecule has 0 bridgehead atoms. The van der Waals surface area contributed by atoms with Crippen molar-refractivity contribution in [3.63, 3.8) is 0 Å². The zero-order chi connectivity index (χ0) is 13.7. The molecule has 0 spiro atoms. The zero-order valence-corrected chi connectivity index (χ0v) is 12.5. The molecule has 0 saturated carbocycles. The summed E-state index contributed by atoms with van der Waals surface area (Å²) in [6.07, 6.45) is 2.32. The van der Waals surface area contributed by atoms with Gasteiger partial charge in [0.25, 0.3) is 0 Å². The Morgan fingerprint density at radius 2 is 1.72 bits per heavy atom. The molecule has 18 heavy (non-hydrogen) atoms. The van der Waals surface area contributed by atoms with E-state index in [4.69, 9.17) is 0 Å². The molecule has 2 N–H and O–H groups in total. The predicted molar refractivity (Wildman–Crippen MR) is 78.4 cm³/mol. The minimum absolute atomic E-state index is 0.333. The lowest BCUT2D eigenvalue weighted by atomic mass is 10.1. The largest absolute Gasteiger partial charge is 0.373 e. The highest BCUT2D eigenvalue weighted by molar-refractivity contribution is 5.57. The Morgan fingerprint density at radius 3 is 2.22 bits per heavy atom. The molecule has 1 rings (SSSR count). The first-order valence-corrected chi connectivity index (χ1v) is 6.82. The van der Waals surface area contributed by atoms with Crippen LogP contribution < -0.4 is 10.6 Å². The SMILES string of the molecule is CCCC(C)Nc1nc(C(C)C)nc(NC)c1C. The summed E-state index contributed by atoms with van der Waals surface area (Å²) in [6, 6.07) is 0.438. The maximum atomic E-state index is 4.64. The van der Waals surface area contributed by atoms with Gasteiger partial charge in [-0.25, -0.2) is 9.97 Å². The Morgan fingerprint density at radius 1 is 1.11 bits per heavy atom. The van der Waals surface area contributed by atoms with Crippen molar-refractivity contribution in [1.82, 2.24) is 9.97 Å². The molecule has 1 heterocycles. The number of nitrogens with one attached hydrogen (secondary N) is 2. The first kappa shape index (κ1) is 14.7. The highest BCUT2D eigenvalue weighted by atomic mass is 15.1. The van der Waals surface area contributed by atoms with Crippen molar-refractivity contribution in [2.75, 3.05) is 17.7 Å². The van der Waals surface area contributed by atoms with Gasteiger partial charge in [0.05, 0.1) is 0 Å². The molecular weight excluding hydrogens is 224 g/mol. The van der Waals surface area contributed by atoms with Gasteiger partial charge in [-0.3, -0.25) is 0 Å². The first-order chi connectivity index (χ1) is 8.49. The van der Waals surface area contributed by atoms with Gasteiger partial charge in [0.2, 0.25) is 0 Å². The lowest BCUT2D eigenvalue weighted by Crippen LogP contribution is -2.18. The highest BCUT2D eigenvalue weighted by Gasteiger charge is 2.13. The molecule has 0 saturated heterocycles. The average molecular weight is 250 g/mol. The third-order valence-corrected chi connectivity index (χ3v) is 3.02. The van der Waals surface area contributed by atoms with Crippen molar-refractivity contribution >= 4 is 11.6 Å². The summed E-state index contributed by atoms with van der Waals surface area (Å²) in [5.74, 6) is 3.09. The monoisotopic (exact) mass is 250 g/mol. The van der Waals surface area contributed by atoms with Crippen molar-refractivity contribution < 1.29 is 0 Å². The lowest BCUT2D eigenvalue weighted by molar-refractivity contribution is 0.682. The van der Waals surface area contributed by atoms with E-state index in [0.717, 1.165) is 29.4 Å². The normalized spacial score (nSPS) is 12.6. The van der Waals surface area contributed by atoms with E-state index in [9.17, 15) is 0 Å². The maximum Gasteiger partial charge on any atom is 0.135 e. The second-order valence-electron chi connectivity index (χ2n) is 5.14. The van der Waals surface area contributed by atoms with Crippen molar-refractivity contribution in [1.29, 1.82) is 0 Å². The molecule has 4 heteroatoms. The molecule has 0 amide bonds. The molecule has 0 aliphatic heterocycles. The van der Waals surface area contributed by atoms with Crippen LogP contribution in [0.2, 0.25) is 0 Å². The summed E-state index contributed by atoms with van der Waals surface area (Å²) < 4.78 is 0. The minimum Gasteiger partial charge on any atom is -0.373 e. The standard InChI is InChI=1S/C14H26N4/c1-7-8-10(4)16-14-11(5)13(15-6)17-12(18-14)9(2)3/h9-10H,7-8H2,1-6H3,(H2,15,16,17,18). The summed E-state index contributed by atoms with van der Waals surface area (Å²) in [7, 11) is 1.90. The van der Waals surface area contributed by atoms with Crippen LogP contribution in [-0.4, -0.2) is 23.1 Å². The number of hydrogen-bond acceptors (Lipinski definition) is 4. The maximum absolute atomic E-state index is 4.64. The van der Waals surface area contributed by atoms with Crippen LogP contribution in [-0.2, 0) is 0 Å². The second kappa shape index (κ2) is 6.57. The Balaban J connectivity index is 3.04. The fourth-order valence-electron chi connectivity index (χ4n) is 1.91. The van der Waals surface area contributed by atoms with E-state index in [1.54, 1.807) is 0 Å². The van der Waals surface area contributed by atoms with E-state index < -0.39 is 0 Å². The van der Waals surface area contributed by atoms with Crippen LogP contribution in [0.15, 0.2) is 0 Å². The van der Waals surface area contributed by atoms with E-state index in [2.05, 4.69) is 55.2 Å². The predicted octanol–water partition coefficient (Wildman–Crippen LogP) is 3.55. The Kier molecular flexibility index (Phi) is 5.38. The van der Waals surface area contributed by atoms with Crippen molar-refractivity contribution in [3.05, 3.63) is 11.4 Å². The molecule has 0 fully saturated rings. The molecule has 0 aromatic carbocycles. The number of hydrogen-bond donors (Lipinski definition) is 2. The summed E-state index contributed by atoms with van der Waals surface area (Å²) >= 11 is 0. The van der Waals surface area contributed by atoms with E-state index in [-0.39, 0.29) is 0 Å². The number of rotatable bonds is 6. The molecule has 4 nitrogen and oxygen atoms in total. The topological polar surface area (TPSA) is 49.8 Å². The van der Waals surface area contributed by atoms with Crippen LogP contribution in [0.25, 0.3) is 0 Å². The zero-order valence-electron chi connectivity index (χ0n) is 12.5. The Labute approximate surface area is 111 Å². The van der Waals surface area contributed by atoms with Crippen LogP contribution in [0.5, 0.6) is 0 Å². The van der Waals surface area contributed by atoms with Gasteiger partial charge in [0.1, 0.15) is 17.5 Å². The third kappa shape index (κ3) is 3.59. The number of anilines is 2. The molecule has 102 valence electrons. The van der Waals surface area contributed by atoms with Crippen LogP contribution in [0.3, 0.4) is 0 Å². The van der Waals surface area contributed by atoms with Crippen molar-refractivity contribution in [2.24, 2.45) is 0 Å². The smallest absolute Gasteiger partial charge is 0.135 e. The van der Waals surface area contributed by atoms with E-state index in [1.807, 2.05) is 7.05 Å². The van der Waals surface area contributed by atoms with Gasteiger partial charge in [0.15, 0.2) is 0 Å². The number of aromatic nitrogens is 2. The van der Waals surface area contributed by atoms with Gasteiger partial charge < -0.3 is 10.6 Å². The summed E-state index contributed by atoms with van der Waals surface area (Å²) in [5.41, 5.74) is 1.09. The second-order valence-corrected chi connectivity index (χ2v) is 5.14. The van der Waals surface area contributed by atoms with Gasteiger partial charge in [0, 0.05) is 24.6 Å². The summed E-state index contributed by atoms with van der Waals surface area (Å²) in [6.45, 7) is 10.7. The average Bonchev–Trinajstić information content (AvgIpc) is 2.31. The van der Waals surface area contributed by atoms with Gasteiger partial charge in [-0.2, -0.15) is 0 Å². The van der Waals surface area contributed by atoms with Crippen LogP contribution >= 0.6 is 0 Å². The quantitative estimate of drug-likeness (QED) is 0.810. The highest BCUT2D eigenvalue weighted by Crippen LogP contribution is 2.23. The number of nitrogens with zero attached hydrogens (tertiary/aromatic N) is 2. The Bertz CT molecular complexity index is 388. The molecule has 1 atom stereocenters. The molecule has 0 radical (unpaired) electrons. The first-order valence-electron chi connectivity index (χ1n) is 6.82. The summed E-state index contributed by atoms with van der Waals surface area (Å²) in [4.78, 5) is 9.18. The van der Waals surface area contributed by atoms with Crippen LogP contribution in [0.4, 0.5) is 11.6 Å². The third-order valence-electron chi connectivity index (χ3n) is 3.02. The summed E-state index contributed by atoms with van der Waals surface area (Å²) in [5, 5.41) is 6.64. The van der Waals surface area contributed by atoms with Crippen LogP contribution in [0, 0.1) is 6.92 Å². The van der Waals surface area contributed by atoms with E-state index in [1.165, 1.54) is 6.42 Å². The van der Waals surface area contributed by atoms with Gasteiger partial charge in [-0.1, -0.05) is 27.2 Å². The van der Waals surface area contributed by atoms with Crippen molar-refractivity contribution in [2.45, 2.75) is 59.4 Å². The Hall–Kier alpha value is -1.32. The van der Waals surface area contributed by atoms with E-state index >= 15 is 0 Å². The molecule has 0 aliphatic rings. The van der Waals surface area contributed by atoms with Gasteiger partial charge in [-0.05, 0) is 20.3 Å². The molecule has 0 aliphatic carbocycles. The van der Waals surface area contributed by atoms with Gasteiger partial charge in [-0.15, -0.1) is 0 Å². The van der Waals surface area contributed by atoms with Crippen LogP contribution in [0.1, 0.15) is 57.8 Å². The fourth-order valence-corrected chi connectivity index (χ4v) is 1.91. The molecule has 1 aromatic rings. The van der Waals surface area contributed by atoms with E-state index in [0.29, 0.717) is 12.0 Å². The molecule has 1 aromatic heterocycles. The minimum atomic E-state index is 0.333. The van der Waals surface area contributed by atoms with Crippen molar-refractivity contribution in [3.8, 4) is 0 Å². The van der Waals surface area contributed by atoms with Gasteiger partial charge >= 0.3 is 0 Å². The fraction of sp³-hybridized carbons (Fsp3) is 0.714. The molecular formula is C14H26N4.